The average Bonchev–Trinajstić information content (AvgIpc) is 3.38. The minimum absolute atomic E-state index is 0.0307. The first kappa shape index (κ1) is 17.3. The molecule has 3 rings (SSSR count). The van der Waals surface area contributed by atoms with Crippen LogP contribution in [0.4, 0.5) is 17.6 Å². The molecule has 132 valence electrons. The van der Waals surface area contributed by atoms with Crippen LogP contribution in [-0.2, 0) is 5.41 Å². The molecule has 1 N–H and O–H groups in total. The fraction of sp³-hybridized carbons (Fsp3) is 0.278. The normalized spacial score (nSPS) is 15.6. The van der Waals surface area contributed by atoms with Gasteiger partial charge in [-0.1, -0.05) is 6.07 Å². The van der Waals surface area contributed by atoms with Gasteiger partial charge in [0.15, 0.2) is 11.6 Å². The van der Waals surface area contributed by atoms with Crippen molar-refractivity contribution in [1.29, 1.82) is 0 Å². The van der Waals surface area contributed by atoms with Gasteiger partial charge in [0.25, 0.3) is 5.91 Å². The first-order chi connectivity index (χ1) is 11.8. The third-order valence-electron chi connectivity index (χ3n) is 4.35. The molecule has 0 atom stereocenters. The van der Waals surface area contributed by atoms with E-state index in [4.69, 9.17) is 4.74 Å². The number of ether oxygens (including phenoxy) is 1. The molecule has 2 aromatic rings. The Morgan fingerprint density at radius 3 is 2.24 bits per heavy atom. The molecule has 0 unspecified atom stereocenters. The smallest absolute Gasteiger partial charge is 0.398 e. The van der Waals surface area contributed by atoms with Gasteiger partial charge in [0, 0.05) is 12.6 Å². The van der Waals surface area contributed by atoms with Crippen LogP contribution in [0.25, 0.3) is 0 Å². The van der Waals surface area contributed by atoms with Crippen molar-refractivity contribution in [3.8, 4) is 11.5 Å². The molecule has 1 amide bonds. The van der Waals surface area contributed by atoms with Gasteiger partial charge in [0.05, 0.1) is 5.41 Å². The molecule has 7 heteroatoms. The maximum absolute atomic E-state index is 14.2. The Bertz CT molecular complexity index is 796. The van der Waals surface area contributed by atoms with E-state index in [2.05, 4.69) is 5.32 Å². The predicted molar refractivity (Wildman–Crippen MR) is 83.3 cm³/mol. The molecular weight excluding hydrogens is 338 g/mol. The third kappa shape index (κ3) is 3.18. The van der Waals surface area contributed by atoms with Gasteiger partial charge in [0.1, 0.15) is 5.75 Å². The molecule has 1 fully saturated rings. The van der Waals surface area contributed by atoms with Gasteiger partial charge in [0.2, 0.25) is 0 Å². The minimum atomic E-state index is -4.39. The van der Waals surface area contributed by atoms with Crippen LogP contribution in [0.15, 0.2) is 42.5 Å². The maximum atomic E-state index is 14.2. The van der Waals surface area contributed by atoms with Crippen LogP contribution < -0.4 is 10.1 Å². The number of alkyl halides is 3. The number of hydrogen-bond acceptors (Lipinski definition) is 2. The maximum Gasteiger partial charge on any atom is 0.398 e. The summed E-state index contributed by atoms with van der Waals surface area (Å²) in [5.74, 6) is -1.03. The summed E-state index contributed by atoms with van der Waals surface area (Å²) < 4.78 is 58.9. The number of amides is 1. The molecular formula is C18H15F4NO2. The van der Waals surface area contributed by atoms with Crippen molar-refractivity contribution in [2.45, 2.75) is 24.4 Å². The summed E-state index contributed by atoms with van der Waals surface area (Å²) in [5.41, 5.74) is -1.60. The van der Waals surface area contributed by atoms with E-state index in [1.165, 1.54) is 43.4 Å². The number of nitrogens with one attached hydrogen (secondary N) is 1. The lowest BCUT2D eigenvalue weighted by Crippen LogP contribution is -2.28. The molecule has 0 saturated heterocycles. The lowest BCUT2D eigenvalue weighted by atomic mass is 9.95. The summed E-state index contributed by atoms with van der Waals surface area (Å²) in [6.07, 6.45) is -4.45. The van der Waals surface area contributed by atoms with Crippen LogP contribution in [0, 0.1) is 5.82 Å². The summed E-state index contributed by atoms with van der Waals surface area (Å²) in [6.45, 7) is 0. The number of benzene rings is 2. The highest BCUT2D eigenvalue weighted by Gasteiger charge is 2.64. The molecule has 1 aliphatic carbocycles. The minimum Gasteiger partial charge on any atom is -0.454 e. The van der Waals surface area contributed by atoms with Gasteiger partial charge in [-0.15, -0.1) is 0 Å². The van der Waals surface area contributed by atoms with E-state index in [9.17, 15) is 22.4 Å². The van der Waals surface area contributed by atoms with E-state index in [-0.39, 0.29) is 35.8 Å². The van der Waals surface area contributed by atoms with E-state index >= 15 is 0 Å². The Labute approximate surface area is 141 Å². The summed E-state index contributed by atoms with van der Waals surface area (Å²) in [6, 6.07) is 9.30. The predicted octanol–water partition coefficient (Wildman–Crippen LogP) is 4.57. The quantitative estimate of drug-likeness (QED) is 0.818. The lowest BCUT2D eigenvalue weighted by Gasteiger charge is -2.20. The SMILES string of the molecule is CNC(=O)c1ccc(Oc2ccc(C3(C(F)(F)F)CC3)cc2F)cc1. The molecule has 25 heavy (non-hydrogen) atoms. The Morgan fingerprint density at radius 1 is 1.12 bits per heavy atom. The fourth-order valence-corrected chi connectivity index (χ4v) is 2.69. The summed E-state index contributed by atoms with van der Waals surface area (Å²) >= 11 is 0. The molecule has 0 spiro atoms. The van der Waals surface area contributed by atoms with Crippen molar-refractivity contribution < 1.29 is 27.1 Å². The van der Waals surface area contributed by atoms with Crippen molar-refractivity contribution in [3.63, 3.8) is 0 Å². The zero-order valence-electron chi connectivity index (χ0n) is 13.3. The molecule has 3 nitrogen and oxygen atoms in total. The highest BCUT2D eigenvalue weighted by Crippen LogP contribution is 2.59. The van der Waals surface area contributed by atoms with Gasteiger partial charge >= 0.3 is 6.18 Å². The highest BCUT2D eigenvalue weighted by molar-refractivity contribution is 5.94. The Balaban J connectivity index is 1.79. The first-order valence-corrected chi connectivity index (χ1v) is 7.63. The third-order valence-corrected chi connectivity index (χ3v) is 4.35. The van der Waals surface area contributed by atoms with Gasteiger partial charge in [-0.25, -0.2) is 4.39 Å². The van der Waals surface area contributed by atoms with Crippen molar-refractivity contribution in [2.24, 2.45) is 0 Å². The van der Waals surface area contributed by atoms with Crippen LogP contribution in [0.5, 0.6) is 11.5 Å². The Kier molecular flexibility index (Phi) is 4.18. The van der Waals surface area contributed by atoms with E-state index < -0.39 is 17.4 Å². The zero-order valence-corrected chi connectivity index (χ0v) is 13.3. The number of carbonyl (C=O) groups excluding carboxylic acids is 1. The van der Waals surface area contributed by atoms with Crippen LogP contribution in [0.3, 0.4) is 0 Å². The topological polar surface area (TPSA) is 38.3 Å². The molecule has 1 aliphatic rings. The average molecular weight is 353 g/mol. The second-order valence-corrected chi connectivity index (χ2v) is 5.93. The molecule has 0 aliphatic heterocycles. The fourth-order valence-electron chi connectivity index (χ4n) is 2.69. The largest absolute Gasteiger partial charge is 0.454 e. The van der Waals surface area contributed by atoms with Gasteiger partial charge < -0.3 is 10.1 Å². The van der Waals surface area contributed by atoms with Gasteiger partial charge in [-0.3, -0.25) is 4.79 Å². The number of carbonyl (C=O) groups is 1. The van der Waals surface area contributed by atoms with Gasteiger partial charge in [-0.2, -0.15) is 13.2 Å². The molecule has 0 bridgehead atoms. The summed E-state index contributed by atoms with van der Waals surface area (Å²) in [4.78, 5) is 11.5. The number of rotatable bonds is 4. The molecule has 1 saturated carbocycles. The Hall–Kier alpha value is -2.57. The number of hydrogen-bond donors (Lipinski definition) is 1. The second-order valence-electron chi connectivity index (χ2n) is 5.93. The van der Waals surface area contributed by atoms with E-state index in [1.54, 1.807) is 0 Å². The van der Waals surface area contributed by atoms with Crippen molar-refractivity contribution in [3.05, 3.63) is 59.4 Å². The van der Waals surface area contributed by atoms with Crippen LogP contribution in [0.1, 0.15) is 28.8 Å². The van der Waals surface area contributed by atoms with E-state index in [1.807, 2.05) is 0 Å². The summed E-state index contributed by atoms with van der Waals surface area (Å²) in [7, 11) is 1.50. The van der Waals surface area contributed by atoms with E-state index in [0.717, 1.165) is 6.07 Å². The highest BCUT2D eigenvalue weighted by atomic mass is 19.4. The lowest BCUT2D eigenvalue weighted by molar-refractivity contribution is -0.160. The van der Waals surface area contributed by atoms with Crippen molar-refractivity contribution >= 4 is 5.91 Å². The van der Waals surface area contributed by atoms with Crippen molar-refractivity contribution in [2.75, 3.05) is 7.05 Å². The van der Waals surface area contributed by atoms with Crippen molar-refractivity contribution in [1.82, 2.24) is 5.32 Å². The monoisotopic (exact) mass is 353 g/mol. The Morgan fingerprint density at radius 2 is 1.76 bits per heavy atom. The molecule has 0 aromatic heterocycles. The first-order valence-electron chi connectivity index (χ1n) is 7.63. The van der Waals surface area contributed by atoms with Crippen LogP contribution in [-0.4, -0.2) is 19.1 Å². The zero-order chi connectivity index (χ0) is 18.2. The second kappa shape index (κ2) is 6.06. The van der Waals surface area contributed by atoms with Crippen LogP contribution >= 0.6 is 0 Å². The number of halogens is 4. The standard InChI is InChI=1S/C18H15F4NO2/c1-23-16(24)11-2-5-13(6-3-11)25-15-7-4-12(10-14(15)19)17(8-9-17)18(20,21)22/h2-7,10H,8-9H2,1H3,(H,23,24). The summed E-state index contributed by atoms with van der Waals surface area (Å²) in [5, 5.41) is 2.47. The molecule has 0 radical (unpaired) electrons. The molecule has 0 heterocycles. The van der Waals surface area contributed by atoms with Crippen LogP contribution in [0.2, 0.25) is 0 Å². The molecule has 2 aromatic carbocycles. The van der Waals surface area contributed by atoms with E-state index in [0.29, 0.717) is 5.56 Å². The van der Waals surface area contributed by atoms with Gasteiger partial charge in [-0.05, 0) is 54.8 Å².